The molecular formula is C13H13BrN4. The summed E-state index contributed by atoms with van der Waals surface area (Å²) in [7, 11) is 0. The van der Waals surface area contributed by atoms with E-state index in [1.165, 1.54) is 12.8 Å². The monoisotopic (exact) mass is 304 g/mol. The summed E-state index contributed by atoms with van der Waals surface area (Å²) in [5.74, 6) is 2.34. The van der Waals surface area contributed by atoms with Crippen molar-refractivity contribution in [3.8, 4) is 0 Å². The van der Waals surface area contributed by atoms with Gasteiger partial charge in [0.15, 0.2) is 0 Å². The zero-order valence-electron chi connectivity index (χ0n) is 9.81. The van der Waals surface area contributed by atoms with Gasteiger partial charge in [-0.05, 0) is 40.9 Å². The first-order chi connectivity index (χ1) is 8.81. The molecule has 5 heteroatoms. The van der Waals surface area contributed by atoms with E-state index in [1.807, 2.05) is 24.3 Å². The average molecular weight is 305 g/mol. The van der Waals surface area contributed by atoms with Crippen molar-refractivity contribution in [2.75, 3.05) is 5.32 Å². The third kappa shape index (κ3) is 2.85. The van der Waals surface area contributed by atoms with Gasteiger partial charge in [0.1, 0.15) is 16.2 Å². The molecule has 0 amide bonds. The molecule has 1 saturated carbocycles. The van der Waals surface area contributed by atoms with Gasteiger partial charge >= 0.3 is 0 Å². The predicted molar refractivity (Wildman–Crippen MR) is 73.3 cm³/mol. The van der Waals surface area contributed by atoms with Gasteiger partial charge in [0.25, 0.3) is 0 Å². The molecule has 0 atom stereocenters. The number of pyridine rings is 1. The maximum Gasteiger partial charge on any atom is 0.135 e. The van der Waals surface area contributed by atoms with E-state index in [-0.39, 0.29) is 0 Å². The highest BCUT2D eigenvalue weighted by atomic mass is 79.9. The minimum atomic E-state index is 0.554. The van der Waals surface area contributed by atoms with Crippen molar-refractivity contribution in [1.29, 1.82) is 0 Å². The summed E-state index contributed by atoms with van der Waals surface area (Å²) in [6, 6.07) is 7.78. The molecule has 0 spiro atoms. The second-order valence-corrected chi connectivity index (χ2v) is 5.20. The average Bonchev–Trinajstić information content (AvgIpc) is 3.21. The zero-order chi connectivity index (χ0) is 12.4. The Kier molecular flexibility index (Phi) is 3.23. The Balaban J connectivity index is 1.72. The lowest BCUT2D eigenvalue weighted by Gasteiger charge is -2.07. The molecule has 2 aromatic rings. The van der Waals surface area contributed by atoms with Crippen molar-refractivity contribution in [2.24, 2.45) is 0 Å². The van der Waals surface area contributed by atoms with Gasteiger partial charge in [-0.15, -0.1) is 0 Å². The van der Waals surface area contributed by atoms with E-state index in [0.717, 1.165) is 21.9 Å². The Bertz CT molecular complexity index is 540. The highest BCUT2D eigenvalue weighted by Gasteiger charge is 2.27. The van der Waals surface area contributed by atoms with Crippen molar-refractivity contribution >= 4 is 21.7 Å². The molecule has 0 radical (unpaired) electrons. The topological polar surface area (TPSA) is 50.7 Å². The first-order valence-electron chi connectivity index (χ1n) is 5.99. The lowest BCUT2D eigenvalue weighted by atomic mass is 10.3. The van der Waals surface area contributed by atoms with Crippen molar-refractivity contribution in [2.45, 2.75) is 25.3 Å². The molecule has 18 heavy (non-hydrogen) atoms. The van der Waals surface area contributed by atoms with Crippen molar-refractivity contribution < 1.29 is 0 Å². The SMILES string of the molecule is Brc1cc(NCc2ccccn2)nc(C2CC2)n1. The summed E-state index contributed by atoms with van der Waals surface area (Å²) in [6.07, 6.45) is 4.20. The molecule has 2 heterocycles. The van der Waals surface area contributed by atoms with E-state index in [9.17, 15) is 0 Å². The van der Waals surface area contributed by atoms with Crippen LogP contribution in [0.3, 0.4) is 0 Å². The minimum absolute atomic E-state index is 0.554. The number of anilines is 1. The number of aromatic nitrogens is 3. The molecule has 0 unspecified atom stereocenters. The van der Waals surface area contributed by atoms with Crippen molar-refractivity contribution in [1.82, 2.24) is 15.0 Å². The highest BCUT2D eigenvalue weighted by molar-refractivity contribution is 9.10. The van der Waals surface area contributed by atoms with Crippen LogP contribution in [0.1, 0.15) is 30.3 Å². The Labute approximate surface area is 114 Å². The van der Waals surface area contributed by atoms with E-state index < -0.39 is 0 Å². The molecule has 0 aromatic carbocycles. The van der Waals surface area contributed by atoms with Crippen LogP contribution in [0.4, 0.5) is 5.82 Å². The number of hydrogen-bond donors (Lipinski definition) is 1. The fourth-order valence-corrected chi connectivity index (χ4v) is 2.13. The Hall–Kier alpha value is -1.49. The second kappa shape index (κ2) is 5.02. The number of halogens is 1. The molecule has 2 aromatic heterocycles. The predicted octanol–water partition coefficient (Wildman–Crippen LogP) is 3.12. The third-order valence-electron chi connectivity index (χ3n) is 2.83. The Morgan fingerprint density at radius 2 is 2.17 bits per heavy atom. The van der Waals surface area contributed by atoms with Gasteiger partial charge in [0.2, 0.25) is 0 Å². The molecule has 0 saturated heterocycles. The van der Waals surface area contributed by atoms with Crippen LogP contribution in [0.5, 0.6) is 0 Å². The molecule has 0 bridgehead atoms. The van der Waals surface area contributed by atoms with Crippen LogP contribution < -0.4 is 5.32 Å². The van der Waals surface area contributed by atoms with Gasteiger partial charge in [-0.2, -0.15) is 0 Å². The maximum atomic E-state index is 4.53. The van der Waals surface area contributed by atoms with E-state index >= 15 is 0 Å². The van der Waals surface area contributed by atoms with Crippen molar-refractivity contribution in [3.05, 3.63) is 46.6 Å². The molecular weight excluding hydrogens is 292 g/mol. The lowest BCUT2D eigenvalue weighted by Crippen LogP contribution is -2.05. The van der Waals surface area contributed by atoms with E-state index in [0.29, 0.717) is 12.5 Å². The number of nitrogens with zero attached hydrogens (tertiary/aromatic N) is 3. The van der Waals surface area contributed by atoms with Crippen LogP contribution in [0, 0.1) is 0 Å². The van der Waals surface area contributed by atoms with Gasteiger partial charge in [-0.1, -0.05) is 6.07 Å². The summed E-state index contributed by atoms with van der Waals surface area (Å²) >= 11 is 3.43. The van der Waals surface area contributed by atoms with Crippen LogP contribution >= 0.6 is 15.9 Å². The second-order valence-electron chi connectivity index (χ2n) is 4.38. The Morgan fingerprint density at radius 3 is 2.89 bits per heavy atom. The fraction of sp³-hybridized carbons (Fsp3) is 0.308. The number of rotatable bonds is 4. The molecule has 4 nitrogen and oxygen atoms in total. The highest BCUT2D eigenvalue weighted by Crippen LogP contribution is 2.38. The van der Waals surface area contributed by atoms with E-state index in [2.05, 4.69) is 36.2 Å². The summed E-state index contributed by atoms with van der Waals surface area (Å²) in [6.45, 7) is 0.675. The van der Waals surface area contributed by atoms with Crippen molar-refractivity contribution in [3.63, 3.8) is 0 Å². The molecule has 3 rings (SSSR count). The first kappa shape index (κ1) is 11.6. The maximum absolute atomic E-state index is 4.53. The van der Waals surface area contributed by atoms with Gasteiger partial charge in [0.05, 0.1) is 12.2 Å². The van der Waals surface area contributed by atoms with Gasteiger partial charge in [0, 0.05) is 18.2 Å². The largest absolute Gasteiger partial charge is 0.364 e. The van der Waals surface area contributed by atoms with Crippen LogP contribution in [-0.4, -0.2) is 15.0 Å². The van der Waals surface area contributed by atoms with Crippen LogP contribution in [0.25, 0.3) is 0 Å². The van der Waals surface area contributed by atoms with Crippen LogP contribution in [0.2, 0.25) is 0 Å². The van der Waals surface area contributed by atoms with Gasteiger partial charge in [-0.3, -0.25) is 4.98 Å². The molecule has 1 fully saturated rings. The van der Waals surface area contributed by atoms with Gasteiger partial charge in [-0.25, -0.2) is 9.97 Å². The third-order valence-corrected chi connectivity index (χ3v) is 3.24. The Morgan fingerprint density at radius 1 is 1.28 bits per heavy atom. The fourth-order valence-electron chi connectivity index (χ4n) is 1.73. The van der Waals surface area contributed by atoms with Gasteiger partial charge < -0.3 is 5.32 Å². The summed E-state index contributed by atoms with van der Waals surface area (Å²) < 4.78 is 0.836. The molecule has 1 aliphatic rings. The summed E-state index contributed by atoms with van der Waals surface area (Å²) in [4.78, 5) is 13.2. The first-order valence-corrected chi connectivity index (χ1v) is 6.79. The lowest BCUT2D eigenvalue weighted by molar-refractivity contribution is 0.906. The molecule has 1 N–H and O–H groups in total. The normalized spacial score (nSPS) is 14.5. The molecule has 0 aliphatic heterocycles. The summed E-state index contributed by atoms with van der Waals surface area (Å²) in [5.41, 5.74) is 1.00. The number of hydrogen-bond acceptors (Lipinski definition) is 4. The standard InChI is InChI=1S/C13H13BrN4/c14-11-7-12(18-13(17-11)9-4-5-9)16-8-10-3-1-2-6-15-10/h1-3,6-7,9H,4-5,8H2,(H,16,17,18). The number of nitrogens with one attached hydrogen (secondary N) is 1. The quantitative estimate of drug-likeness (QED) is 0.882. The summed E-state index contributed by atoms with van der Waals surface area (Å²) in [5, 5.41) is 3.28. The minimum Gasteiger partial charge on any atom is -0.364 e. The van der Waals surface area contributed by atoms with E-state index in [1.54, 1.807) is 6.20 Å². The molecule has 92 valence electrons. The smallest absolute Gasteiger partial charge is 0.135 e. The van der Waals surface area contributed by atoms with Crippen LogP contribution in [-0.2, 0) is 6.54 Å². The van der Waals surface area contributed by atoms with E-state index in [4.69, 9.17) is 0 Å². The zero-order valence-corrected chi connectivity index (χ0v) is 11.4. The van der Waals surface area contributed by atoms with Crippen LogP contribution in [0.15, 0.2) is 35.1 Å². The molecule has 1 aliphatic carbocycles.